The lowest BCUT2D eigenvalue weighted by Gasteiger charge is -2.27. The van der Waals surface area contributed by atoms with Gasteiger partial charge in [0.1, 0.15) is 0 Å². The number of ketones is 1. The van der Waals surface area contributed by atoms with Crippen molar-refractivity contribution in [3.63, 3.8) is 0 Å². The van der Waals surface area contributed by atoms with Crippen LogP contribution in [0.4, 0.5) is 13.2 Å². The van der Waals surface area contributed by atoms with Crippen molar-refractivity contribution in [3.8, 4) is 11.1 Å². The Kier molecular flexibility index (Phi) is 14.5. The third-order valence-corrected chi connectivity index (χ3v) is 10.3. The molecule has 3 aromatic rings. The first-order valence-electron chi connectivity index (χ1n) is 16.5. The zero-order valence-corrected chi connectivity index (χ0v) is 29.4. The zero-order valence-electron chi connectivity index (χ0n) is 28.6. The van der Waals surface area contributed by atoms with Crippen LogP contribution in [0, 0.1) is 17.8 Å². The Bertz CT molecular complexity index is 1740. The molecule has 276 valence electrons. The predicted molar refractivity (Wildman–Crippen MR) is 186 cm³/mol. The number of Topliss-reactive ketones (excluding diaryl/α,β-unsaturated/α-hetero) is 1. The third-order valence-electron chi connectivity index (χ3n) is 8.55. The molecule has 14 heteroatoms. The molecule has 51 heavy (non-hydrogen) atoms. The molecule has 0 aliphatic heterocycles. The number of hydrogen-bond acceptors (Lipinski definition) is 7. The van der Waals surface area contributed by atoms with E-state index in [2.05, 4.69) is 10.6 Å². The molecule has 0 saturated heterocycles. The molecule has 0 bridgehead atoms. The highest BCUT2D eigenvalue weighted by Crippen LogP contribution is 2.26. The average Bonchev–Trinajstić information content (AvgIpc) is 3.08. The zero-order chi connectivity index (χ0) is 37.9. The van der Waals surface area contributed by atoms with E-state index in [9.17, 15) is 45.9 Å². The lowest BCUT2D eigenvalue weighted by molar-refractivity contribution is -0.213. The number of halogens is 3. The van der Waals surface area contributed by atoms with Crippen LogP contribution in [-0.2, 0) is 35.4 Å². The molecule has 0 aliphatic carbocycles. The van der Waals surface area contributed by atoms with Gasteiger partial charge in [0.05, 0.1) is 28.6 Å². The molecule has 0 aromatic heterocycles. The van der Waals surface area contributed by atoms with Gasteiger partial charge in [-0.2, -0.15) is 13.2 Å². The topological polar surface area (TPSA) is 173 Å². The molecule has 0 fully saturated rings. The van der Waals surface area contributed by atoms with Gasteiger partial charge in [0.25, 0.3) is 0 Å². The highest BCUT2D eigenvalue weighted by atomic mass is 32.2. The minimum absolute atomic E-state index is 0.00765. The van der Waals surface area contributed by atoms with Crippen molar-refractivity contribution in [2.75, 3.05) is 5.75 Å². The predicted octanol–water partition coefficient (Wildman–Crippen LogP) is 4.40. The molecule has 5 N–H and O–H groups in total. The van der Waals surface area contributed by atoms with E-state index in [4.69, 9.17) is 5.73 Å². The molecule has 3 rings (SSSR count). The number of sulfone groups is 1. The van der Waals surface area contributed by atoms with Crippen LogP contribution in [-0.4, -0.2) is 67.1 Å². The van der Waals surface area contributed by atoms with Crippen LogP contribution < -0.4 is 16.4 Å². The number of primary amides is 1. The first-order chi connectivity index (χ1) is 23.9. The first-order valence-corrected chi connectivity index (χ1v) is 18.1. The van der Waals surface area contributed by atoms with Gasteiger partial charge < -0.3 is 21.5 Å². The van der Waals surface area contributed by atoms with E-state index >= 15 is 0 Å². The van der Waals surface area contributed by atoms with Gasteiger partial charge in [-0.15, -0.1) is 0 Å². The summed E-state index contributed by atoms with van der Waals surface area (Å²) in [6, 6.07) is 21.2. The molecule has 3 amide bonds. The Morgan fingerprint density at radius 2 is 1.35 bits per heavy atom. The van der Waals surface area contributed by atoms with E-state index in [0.717, 1.165) is 11.1 Å². The number of hydrogen-bond donors (Lipinski definition) is 4. The lowest BCUT2D eigenvalue weighted by Crippen LogP contribution is -2.52. The number of aliphatic hydroxyl groups excluding tert-OH is 1. The van der Waals surface area contributed by atoms with Gasteiger partial charge in [-0.05, 0) is 47.6 Å². The number of nitrogens with two attached hydrogens (primary N) is 1. The molecular formula is C37H44F3N3O7S. The Morgan fingerprint density at radius 3 is 1.88 bits per heavy atom. The maximum atomic E-state index is 13.7. The molecule has 5 atom stereocenters. The van der Waals surface area contributed by atoms with Gasteiger partial charge >= 0.3 is 6.18 Å². The summed E-state index contributed by atoms with van der Waals surface area (Å²) in [5.41, 5.74) is 7.42. The van der Waals surface area contributed by atoms with Crippen LogP contribution in [0.25, 0.3) is 11.1 Å². The molecule has 10 nitrogen and oxygen atoms in total. The van der Waals surface area contributed by atoms with E-state index in [1.54, 1.807) is 56.3 Å². The molecule has 3 aromatic carbocycles. The maximum absolute atomic E-state index is 13.7. The molecule has 0 spiro atoms. The summed E-state index contributed by atoms with van der Waals surface area (Å²) in [6.45, 7) is 4.66. The normalized spacial score (nSPS) is 14.9. The van der Waals surface area contributed by atoms with Crippen LogP contribution in [0.3, 0.4) is 0 Å². The van der Waals surface area contributed by atoms with Gasteiger partial charge in [-0.25, -0.2) is 8.42 Å². The molecular weight excluding hydrogens is 687 g/mol. The van der Waals surface area contributed by atoms with Crippen molar-refractivity contribution in [1.29, 1.82) is 0 Å². The number of rotatable bonds is 18. The highest BCUT2D eigenvalue weighted by Gasteiger charge is 2.44. The fourth-order valence-electron chi connectivity index (χ4n) is 5.46. The standard InChI is InChI=1S/C37H44F3N3O7S/c1-23(2)29(22-51(49,50)28-16-14-27(15-17-28)26-12-8-5-9-13-26)36(48)43-31(21-25-10-6-4-7-11-25)32(44)20-24(3)35(47)42-30(18-19-33(41)45)34(46)37(38,39)40/h4-17,23-24,29-31,34,46H,18-22H2,1-3H3,(H2,41,45)(H,42,47)(H,43,48)/t24-,29+,30?,31+,34?/m1/s1. The number of nitrogens with one attached hydrogen (secondary N) is 2. The largest absolute Gasteiger partial charge is 0.416 e. The summed E-state index contributed by atoms with van der Waals surface area (Å²) in [5.74, 6) is -6.51. The maximum Gasteiger partial charge on any atom is 0.416 e. The quantitative estimate of drug-likeness (QED) is 0.150. The summed E-state index contributed by atoms with van der Waals surface area (Å²) < 4.78 is 66.8. The fourth-order valence-corrected chi connectivity index (χ4v) is 7.21. The van der Waals surface area contributed by atoms with E-state index < -0.39 is 100 Å². The molecule has 0 aliphatic rings. The minimum atomic E-state index is -5.11. The van der Waals surface area contributed by atoms with Crippen LogP contribution in [0.5, 0.6) is 0 Å². The third kappa shape index (κ3) is 12.3. The van der Waals surface area contributed by atoms with Crippen molar-refractivity contribution in [2.24, 2.45) is 23.5 Å². The minimum Gasteiger partial charge on any atom is -0.382 e. The van der Waals surface area contributed by atoms with Crippen LogP contribution in [0.1, 0.15) is 45.6 Å². The number of alkyl halides is 3. The molecule has 2 unspecified atom stereocenters. The number of amides is 3. The van der Waals surface area contributed by atoms with Crippen LogP contribution in [0.15, 0.2) is 89.8 Å². The van der Waals surface area contributed by atoms with Crippen molar-refractivity contribution in [1.82, 2.24) is 10.6 Å². The second-order valence-electron chi connectivity index (χ2n) is 13.0. The Morgan fingerprint density at radius 1 is 0.804 bits per heavy atom. The first kappa shape index (κ1) is 40.9. The summed E-state index contributed by atoms with van der Waals surface area (Å²) in [7, 11) is -3.96. The number of carbonyl (C=O) groups excluding carboxylic acids is 4. The van der Waals surface area contributed by atoms with Gasteiger partial charge in [0.15, 0.2) is 21.7 Å². The van der Waals surface area contributed by atoms with Gasteiger partial charge in [-0.1, -0.05) is 93.6 Å². The van der Waals surface area contributed by atoms with E-state index in [1.807, 2.05) is 30.3 Å². The Balaban J connectivity index is 1.78. The second kappa shape index (κ2) is 18.1. The lowest BCUT2D eigenvalue weighted by atomic mass is 9.92. The van der Waals surface area contributed by atoms with Crippen LogP contribution >= 0.6 is 0 Å². The summed E-state index contributed by atoms with van der Waals surface area (Å²) in [6.07, 6.45) is -9.74. The second-order valence-corrected chi connectivity index (χ2v) is 15.0. The molecule has 0 heterocycles. The van der Waals surface area contributed by atoms with Crippen molar-refractivity contribution in [3.05, 3.63) is 90.5 Å². The van der Waals surface area contributed by atoms with Crippen molar-refractivity contribution >= 4 is 33.3 Å². The summed E-state index contributed by atoms with van der Waals surface area (Å²) in [5, 5.41) is 14.5. The number of carbonyl (C=O) groups is 4. The monoisotopic (exact) mass is 731 g/mol. The van der Waals surface area contributed by atoms with Crippen LogP contribution in [0.2, 0.25) is 0 Å². The van der Waals surface area contributed by atoms with E-state index in [1.165, 1.54) is 19.1 Å². The number of aliphatic hydroxyl groups is 1. The van der Waals surface area contributed by atoms with E-state index in [0.29, 0.717) is 5.56 Å². The van der Waals surface area contributed by atoms with E-state index in [-0.39, 0.29) is 11.3 Å². The molecule has 0 saturated carbocycles. The Hall–Kier alpha value is -4.56. The fraction of sp³-hybridized carbons (Fsp3) is 0.405. The van der Waals surface area contributed by atoms with Gasteiger partial charge in [0, 0.05) is 18.8 Å². The van der Waals surface area contributed by atoms with Crippen molar-refractivity contribution in [2.45, 2.75) is 75.7 Å². The smallest absolute Gasteiger partial charge is 0.382 e. The average molecular weight is 732 g/mol. The summed E-state index contributed by atoms with van der Waals surface area (Å²) in [4.78, 5) is 51.5. The Labute approximate surface area is 295 Å². The number of benzene rings is 3. The SMILES string of the molecule is CC(C)[C@H](CS(=O)(=O)c1ccc(-c2ccccc2)cc1)C(=O)N[C@@H](Cc1ccccc1)C(=O)C[C@@H](C)C(=O)NC(CCC(N)=O)C(O)C(F)(F)F. The van der Waals surface area contributed by atoms with Crippen molar-refractivity contribution < 1.29 is 45.9 Å². The van der Waals surface area contributed by atoms with Gasteiger partial charge in [-0.3, -0.25) is 19.2 Å². The summed E-state index contributed by atoms with van der Waals surface area (Å²) >= 11 is 0. The van der Waals surface area contributed by atoms with Gasteiger partial charge in [0.2, 0.25) is 17.7 Å². The highest BCUT2D eigenvalue weighted by molar-refractivity contribution is 7.91. The molecule has 0 radical (unpaired) electrons.